The van der Waals surface area contributed by atoms with E-state index in [2.05, 4.69) is 11.6 Å². The number of amides is 1. The van der Waals surface area contributed by atoms with Crippen molar-refractivity contribution in [2.24, 2.45) is 4.99 Å². The van der Waals surface area contributed by atoms with Gasteiger partial charge in [-0.1, -0.05) is 35.9 Å². The number of rotatable bonds is 11. The molecule has 1 amide bonds. The topological polar surface area (TPSA) is 88.4 Å². The van der Waals surface area contributed by atoms with Crippen molar-refractivity contribution in [3.63, 3.8) is 0 Å². The Morgan fingerprint density at radius 2 is 1.85 bits per heavy atom. The van der Waals surface area contributed by atoms with Crippen LogP contribution in [-0.2, 0) is 17.8 Å². The zero-order chi connectivity index (χ0) is 28.6. The predicted molar refractivity (Wildman–Crippen MR) is 161 cm³/mol. The number of aromatic carboxylic acids is 1. The lowest BCUT2D eigenvalue weighted by molar-refractivity contribution is -0.122. The number of benzene rings is 3. The highest BCUT2D eigenvalue weighted by Gasteiger charge is 2.32. The van der Waals surface area contributed by atoms with Gasteiger partial charge >= 0.3 is 5.97 Å². The highest BCUT2D eigenvalue weighted by Crippen LogP contribution is 2.38. The van der Waals surface area contributed by atoms with Crippen molar-refractivity contribution in [2.75, 3.05) is 13.2 Å². The molecule has 0 bridgehead atoms. The van der Waals surface area contributed by atoms with Gasteiger partial charge in [-0.3, -0.25) is 9.69 Å². The molecule has 1 saturated heterocycles. The maximum absolute atomic E-state index is 13.3. The molecular formula is C31H29ClN2O5S. The summed E-state index contributed by atoms with van der Waals surface area (Å²) in [6, 6.07) is 17.5. The minimum Gasteiger partial charge on any atom is -0.490 e. The molecule has 3 aromatic carbocycles. The average molecular weight is 577 g/mol. The number of nitrogens with zero attached hydrogens (tertiary/aromatic N) is 2. The fourth-order valence-electron chi connectivity index (χ4n) is 4.08. The summed E-state index contributed by atoms with van der Waals surface area (Å²) in [5.41, 5.74) is 3.25. The summed E-state index contributed by atoms with van der Waals surface area (Å²) in [5.74, 6) is 0.00987. The monoisotopic (exact) mass is 576 g/mol. The largest absolute Gasteiger partial charge is 0.490 e. The predicted octanol–water partition coefficient (Wildman–Crippen LogP) is 7.37. The molecule has 4 rings (SSSR count). The van der Waals surface area contributed by atoms with E-state index >= 15 is 0 Å². The summed E-state index contributed by atoms with van der Waals surface area (Å²) < 4.78 is 12.2. The molecule has 0 unspecified atom stereocenters. The van der Waals surface area contributed by atoms with Crippen LogP contribution in [0.1, 0.15) is 40.9 Å². The smallest absolute Gasteiger partial charge is 0.335 e. The van der Waals surface area contributed by atoms with E-state index < -0.39 is 5.97 Å². The molecular weight excluding hydrogens is 548 g/mol. The number of carbonyl (C=O) groups excluding carboxylic acids is 1. The van der Waals surface area contributed by atoms with Gasteiger partial charge in [-0.2, -0.15) is 0 Å². The normalized spacial score (nSPS) is 15.1. The van der Waals surface area contributed by atoms with Crippen LogP contribution in [0.15, 0.2) is 83.2 Å². The number of hydrogen-bond donors (Lipinski definition) is 1. The zero-order valence-corrected chi connectivity index (χ0v) is 23.8. The first-order chi connectivity index (χ1) is 19.3. The Labute approximate surface area is 242 Å². The number of ether oxygens (including phenoxy) is 2. The van der Waals surface area contributed by atoms with Gasteiger partial charge in [-0.15, -0.1) is 6.58 Å². The first-order valence-electron chi connectivity index (χ1n) is 12.7. The first kappa shape index (κ1) is 29.0. The molecule has 0 aliphatic carbocycles. The minimum absolute atomic E-state index is 0.157. The number of aliphatic imine (C=N–C) groups is 1. The van der Waals surface area contributed by atoms with Crippen LogP contribution in [0.5, 0.6) is 11.5 Å². The van der Waals surface area contributed by atoms with Crippen LogP contribution in [0, 0.1) is 0 Å². The van der Waals surface area contributed by atoms with Crippen molar-refractivity contribution >= 4 is 52.2 Å². The standard InChI is InChI=1S/C31H29ClN2O5S/c1-4-9-22-16-20(17-26(38-6-3)28(22)39-19-23-10-7-8-11-25(23)32)18-27-29(35)34(5-2)31(40-27)33-24-14-12-21(13-15-24)30(36)37/h4,7-8,10-18H,1,5-6,9,19H2,2-3H3,(H,36,37)/b27-18+,33-31?. The van der Waals surface area contributed by atoms with Gasteiger partial charge in [0.1, 0.15) is 6.61 Å². The summed E-state index contributed by atoms with van der Waals surface area (Å²) >= 11 is 7.59. The van der Waals surface area contributed by atoms with Crippen LogP contribution in [0.25, 0.3) is 6.08 Å². The molecule has 0 saturated carbocycles. The van der Waals surface area contributed by atoms with E-state index in [0.29, 0.717) is 51.9 Å². The third-order valence-corrected chi connectivity index (χ3v) is 7.36. The van der Waals surface area contributed by atoms with Gasteiger partial charge in [0, 0.05) is 22.7 Å². The van der Waals surface area contributed by atoms with Crippen molar-refractivity contribution in [1.29, 1.82) is 0 Å². The second-order valence-corrected chi connectivity index (χ2v) is 10.1. The zero-order valence-electron chi connectivity index (χ0n) is 22.2. The summed E-state index contributed by atoms with van der Waals surface area (Å²) in [5, 5.41) is 10.3. The fourth-order valence-corrected chi connectivity index (χ4v) is 5.33. The van der Waals surface area contributed by atoms with Crippen molar-refractivity contribution < 1.29 is 24.2 Å². The highest BCUT2D eigenvalue weighted by atomic mass is 35.5. The van der Waals surface area contributed by atoms with Crippen molar-refractivity contribution in [3.8, 4) is 11.5 Å². The lowest BCUT2D eigenvalue weighted by Gasteiger charge is -2.17. The number of carboxylic acids is 1. The van der Waals surface area contributed by atoms with E-state index in [4.69, 9.17) is 26.2 Å². The van der Waals surface area contributed by atoms with Crippen LogP contribution in [0.2, 0.25) is 5.02 Å². The second-order valence-electron chi connectivity index (χ2n) is 8.72. The summed E-state index contributed by atoms with van der Waals surface area (Å²) in [6.07, 6.45) is 4.15. The molecule has 3 aromatic rings. The second kappa shape index (κ2) is 13.4. The first-order valence-corrected chi connectivity index (χ1v) is 13.9. The molecule has 1 N–H and O–H groups in total. The molecule has 1 aliphatic rings. The quantitative estimate of drug-likeness (QED) is 0.189. The van der Waals surface area contributed by atoms with Crippen LogP contribution < -0.4 is 9.47 Å². The Morgan fingerprint density at radius 3 is 2.50 bits per heavy atom. The molecule has 7 nitrogen and oxygen atoms in total. The third kappa shape index (κ3) is 6.76. The van der Waals surface area contributed by atoms with E-state index in [1.807, 2.05) is 56.3 Å². The summed E-state index contributed by atoms with van der Waals surface area (Å²) in [6.45, 7) is 8.82. The van der Waals surface area contributed by atoms with E-state index in [0.717, 1.165) is 16.7 Å². The number of amidine groups is 1. The van der Waals surface area contributed by atoms with Crippen LogP contribution in [0.4, 0.5) is 5.69 Å². The Balaban J connectivity index is 1.66. The fraction of sp³-hybridized carbons (Fsp3) is 0.194. The number of carboxylic acid groups (broad SMARTS) is 1. The van der Waals surface area contributed by atoms with Gasteiger partial charge in [-0.05, 0) is 86.1 Å². The third-order valence-electron chi connectivity index (χ3n) is 5.99. The number of thioether (sulfide) groups is 1. The maximum Gasteiger partial charge on any atom is 0.335 e. The van der Waals surface area contributed by atoms with E-state index in [9.17, 15) is 9.59 Å². The average Bonchev–Trinajstić information content (AvgIpc) is 3.22. The molecule has 206 valence electrons. The van der Waals surface area contributed by atoms with Crippen LogP contribution in [-0.4, -0.2) is 40.2 Å². The Hall–Kier alpha value is -4.01. The van der Waals surface area contributed by atoms with Gasteiger partial charge < -0.3 is 14.6 Å². The molecule has 0 atom stereocenters. The van der Waals surface area contributed by atoms with Crippen molar-refractivity contribution in [3.05, 3.63) is 106 Å². The number of hydrogen-bond acceptors (Lipinski definition) is 6. The molecule has 1 aliphatic heterocycles. The van der Waals surface area contributed by atoms with Crippen LogP contribution >= 0.6 is 23.4 Å². The number of likely N-dealkylation sites (N-methyl/N-ethyl adjacent to an activating group) is 1. The lowest BCUT2D eigenvalue weighted by Crippen LogP contribution is -2.28. The summed E-state index contributed by atoms with van der Waals surface area (Å²) in [4.78, 5) is 31.1. The number of halogens is 1. The molecule has 9 heteroatoms. The molecule has 0 radical (unpaired) electrons. The van der Waals surface area contributed by atoms with Crippen molar-refractivity contribution in [1.82, 2.24) is 4.90 Å². The number of carbonyl (C=O) groups is 2. The van der Waals surface area contributed by atoms with Gasteiger partial charge in [0.2, 0.25) is 0 Å². The maximum atomic E-state index is 13.3. The van der Waals surface area contributed by atoms with E-state index in [1.54, 1.807) is 23.1 Å². The van der Waals surface area contributed by atoms with Gasteiger partial charge in [0.05, 0.1) is 22.8 Å². The highest BCUT2D eigenvalue weighted by molar-refractivity contribution is 8.18. The lowest BCUT2D eigenvalue weighted by atomic mass is 10.0. The van der Waals surface area contributed by atoms with E-state index in [1.165, 1.54) is 23.9 Å². The molecule has 0 spiro atoms. The Bertz CT molecular complexity index is 1480. The Morgan fingerprint density at radius 1 is 1.10 bits per heavy atom. The van der Waals surface area contributed by atoms with Gasteiger partial charge in [0.15, 0.2) is 16.7 Å². The number of allylic oxidation sites excluding steroid dienone is 1. The molecule has 1 heterocycles. The van der Waals surface area contributed by atoms with Gasteiger partial charge in [-0.25, -0.2) is 9.79 Å². The minimum atomic E-state index is -1.01. The Kier molecular flexibility index (Phi) is 9.69. The van der Waals surface area contributed by atoms with E-state index in [-0.39, 0.29) is 18.1 Å². The molecule has 1 fully saturated rings. The van der Waals surface area contributed by atoms with Crippen molar-refractivity contribution in [2.45, 2.75) is 26.9 Å². The van der Waals surface area contributed by atoms with Crippen LogP contribution in [0.3, 0.4) is 0 Å². The van der Waals surface area contributed by atoms with Gasteiger partial charge in [0.25, 0.3) is 5.91 Å². The SMILES string of the molecule is C=CCc1cc(/C=C2/SC(=Nc3ccc(C(=O)O)cc3)N(CC)C2=O)cc(OCC)c1OCc1ccccc1Cl. The molecule has 40 heavy (non-hydrogen) atoms. The summed E-state index contributed by atoms with van der Waals surface area (Å²) in [7, 11) is 0. The molecule has 0 aromatic heterocycles.